The molecule has 2 nitrogen and oxygen atoms in total. The zero-order chi connectivity index (χ0) is 13.8. The Kier molecular flexibility index (Phi) is 4.10. The smallest absolute Gasteiger partial charge is 0.121 e. The molecule has 0 saturated heterocycles. The molecule has 0 aromatic heterocycles. The highest BCUT2D eigenvalue weighted by molar-refractivity contribution is 5.40. The molecule has 2 aromatic rings. The summed E-state index contributed by atoms with van der Waals surface area (Å²) in [5, 5.41) is 0. The first-order valence-electron chi connectivity index (χ1n) is 6.68. The van der Waals surface area contributed by atoms with Gasteiger partial charge in [0.15, 0.2) is 0 Å². The number of hydrogen-bond donors (Lipinski definition) is 1. The van der Waals surface area contributed by atoms with Crippen molar-refractivity contribution in [3.63, 3.8) is 0 Å². The Bertz CT molecular complexity index is 514. The van der Waals surface area contributed by atoms with Crippen molar-refractivity contribution in [2.45, 2.75) is 32.8 Å². The fourth-order valence-corrected chi connectivity index (χ4v) is 1.97. The summed E-state index contributed by atoms with van der Waals surface area (Å²) in [7, 11) is 0. The molecular weight excluding hydrogens is 234 g/mol. The van der Waals surface area contributed by atoms with Gasteiger partial charge in [0, 0.05) is 5.69 Å². The molecule has 2 rings (SSSR count). The molecule has 0 saturated carbocycles. The third kappa shape index (κ3) is 3.50. The highest BCUT2D eigenvalue weighted by Crippen LogP contribution is 2.24. The maximum absolute atomic E-state index is 5.93. The van der Waals surface area contributed by atoms with Crippen molar-refractivity contribution < 1.29 is 4.74 Å². The molecule has 0 aliphatic heterocycles. The van der Waals surface area contributed by atoms with Crippen molar-refractivity contribution >= 4 is 5.69 Å². The monoisotopic (exact) mass is 255 g/mol. The molecule has 0 heterocycles. The van der Waals surface area contributed by atoms with Crippen LogP contribution in [0.5, 0.6) is 5.75 Å². The second-order valence-corrected chi connectivity index (χ2v) is 5.15. The predicted molar refractivity (Wildman–Crippen MR) is 80.4 cm³/mol. The van der Waals surface area contributed by atoms with E-state index < -0.39 is 0 Å². The van der Waals surface area contributed by atoms with Crippen molar-refractivity contribution in [1.82, 2.24) is 0 Å². The summed E-state index contributed by atoms with van der Waals surface area (Å²) in [4.78, 5) is 0. The molecule has 0 aliphatic rings. The van der Waals surface area contributed by atoms with E-state index in [1.807, 2.05) is 43.3 Å². The zero-order valence-corrected chi connectivity index (χ0v) is 11.8. The van der Waals surface area contributed by atoms with Crippen LogP contribution in [0.25, 0.3) is 0 Å². The number of anilines is 1. The minimum Gasteiger partial charge on any atom is -0.486 e. The molecule has 19 heavy (non-hydrogen) atoms. The lowest BCUT2D eigenvalue weighted by Gasteiger charge is -2.16. The number of rotatable bonds is 4. The minimum absolute atomic E-state index is 0.0190. The largest absolute Gasteiger partial charge is 0.486 e. The van der Waals surface area contributed by atoms with Crippen molar-refractivity contribution in [3.05, 3.63) is 59.7 Å². The summed E-state index contributed by atoms with van der Waals surface area (Å²) in [6, 6.07) is 16.1. The fourth-order valence-electron chi connectivity index (χ4n) is 1.97. The molecule has 2 heteroatoms. The summed E-state index contributed by atoms with van der Waals surface area (Å²) in [5.41, 5.74) is 8.91. The van der Waals surface area contributed by atoms with Crippen LogP contribution in [0.1, 0.15) is 43.9 Å². The predicted octanol–water partition coefficient (Wildman–Crippen LogP) is 4.53. The number of benzene rings is 2. The van der Waals surface area contributed by atoms with Gasteiger partial charge >= 0.3 is 0 Å². The van der Waals surface area contributed by atoms with Crippen LogP contribution < -0.4 is 10.5 Å². The third-order valence-electron chi connectivity index (χ3n) is 3.27. The second-order valence-electron chi connectivity index (χ2n) is 5.15. The Morgan fingerprint density at radius 2 is 1.32 bits per heavy atom. The first kappa shape index (κ1) is 13.5. The van der Waals surface area contributed by atoms with Gasteiger partial charge in [-0.15, -0.1) is 0 Å². The molecule has 1 atom stereocenters. The quantitative estimate of drug-likeness (QED) is 0.814. The molecular formula is C17H21NO. The van der Waals surface area contributed by atoms with E-state index in [1.165, 1.54) is 5.56 Å². The molecule has 2 aromatic carbocycles. The second kappa shape index (κ2) is 5.79. The van der Waals surface area contributed by atoms with E-state index in [2.05, 4.69) is 26.0 Å². The third-order valence-corrected chi connectivity index (χ3v) is 3.27. The Hall–Kier alpha value is -1.96. The van der Waals surface area contributed by atoms with E-state index in [4.69, 9.17) is 10.5 Å². The van der Waals surface area contributed by atoms with Gasteiger partial charge in [-0.3, -0.25) is 0 Å². The Morgan fingerprint density at radius 1 is 0.789 bits per heavy atom. The van der Waals surface area contributed by atoms with Crippen molar-refractivity contribution in [3.8, 4) is 5.75 Å². The van der Waals surface area contributed by atoms with Gasteiger partial charge in [-0.1, -0.05) is 38.1 Å². The summed E-state index contributed by atoms with van der Waals surface area (Å²) in [6.07, 6.45) is 0.0190. The summed E-state index contributed by atoms with van der Waals surface area (Å²) < 4.78 is 5.93. The molecule has 0 amide bonds. The van der Waals surface area contributed by atoms with E-state index in [9.17, 15) is 0 Å². The standard InChI is InChI=1S/C17H21NO/c1-12(2)14-6-10-17(11-7-14)19-13(3)15-4-8-16(18)9-5-15/h4-13H,18H2,1-3H3. The van der Waals surface area contributed by atoms with Gasteiger partial charge in [-0.05, 0) is 48.2 Å². The Morgan fingerprint density at radius 3 is 1.84 bits per heavy atom. The van der Waals surface area contributed by atoms with E-state index in [1.54, 1.807) is 0 Å². The van der Waals surface area contributed by atoms with Gasteiger partial charge < -0.3 is 10.5 Å². The molecule has 1 unspecified atom stereocenters. The number of nitrogens with two attached hydrogens (primary N) is 1. The Balaban J connectivity index is 2.06. The highest BCUT2D eigenvalue weighted by Gasteiger charge is 2.07. The van der Waals surface area contributed by atoms with E-state index >= 15 is 0 Å². The summed E-state index contributed by atoms with van der Waals surface area (Å²) >= 11 is 0. The minimum atomic E-state index is 0.0190. The summed E-state index contributed by atoms with van der Waals surface area (Å²) in [5.74, 6) is 1.44. The zero-order valence-electron chi connectivity index (χ0n) is 11.8. The molecule has 2 N–H and O–H groups in total. The van der Waals surface area contributed by atoms with Crippen LogP contribution in [-0.2, 0) is 0 Å². The molecule has 100 valence electrons. The molecule has 0 bridgehead atoms. The van der Waals surface area contributed by atoms with Gasteiger partial charge in [0.1, 0.15) is 11.9 Å². The van der Waals surface area contributed by atoms with Crippen LogP contribution in [0, 0.1) is 0 Å². The van der Waals surface area contributed by atoms with Crippen molar-refractivity contribution in [1.29, 1.82) is 0 Å². The van der Waals surface area contributed by atoms with Crippen LogP contribution in [0.3, 0.4) is 0 Å². The highest BCUT2D eigenvalue weighted by atomic mass is 16.5. The normalized spacial score (nSPS) is 12.4. The van der Waals surface area contributed by atoms with Crippen LogP contribution in [0.2, 0.25) is 0 Å². The maximum Gasteiger partial charge on any atom is 0.121 e. The van der Waals surface area contributed by atoms with Crippen LogP contribution in [0.15, 0.2) is 48.5 Å². The summed E-state index contributed by atoms with van der Waals surface area (Å²) in [6.45, 7) is 6.42. The molecule has 0 aliphatic carbocycles. The molecule has 0 spiro atoms. The number of hydrogen-bond acceptors (Lipinski definition) is 2. The van der Waals surface area contributed by atoms with Crippen molar-refractivity contribution in [2.75, 3.05) is 5.73 Å². The van der Waals surface area contributed by atoms with Gasteiger partial charge in [0.05, 0.1) is 0 Å². The van der Waals surface area contributed by atoms with Crippen molar-refractivity contribution in [2.24, 2.45) is 0 Å². The number of ether oxygens (including phenoxy) is 1. The van der Waals surface area contributed by atoms with Crippen LogP contribution in [-0.4, -0.2) is 0 Å². The lowest BCUT2D eigenvalue weighted by molar-refractivity contribution is 0.227. The fraction of sp³-hybridized carbons (Fsp3) is 0.294. The Labute approximate surface area is 115 Å². The van der Waals surface area contributed by atoms with E-state index in [0.29, 0.717) is 5.92 Å². The van der Waals surface area contributed by atoms with Gasteiger partial charge in [0.2, 0.25) is 0 Å². The average molecular weight is 255 g/mol. The lowest BCUT2D eigenvalue weighted by atomic mass is 10.0. The van der Waals surface area contributed by atoms with Crippen LogP contribution in [0.4, 0.5) is 5.69 Å². The van der Waals surface area contributed by atoms with E-state index in [-0.39, 0.29) is 6.10 Å². The molecule has 0 fully saturated rings. The van der Waals surface area contributed by atoms with Gasteiger partial charge in [-0.25, -0.2) is 0 Å². The van der Waals surface area contributed by atoms with Gasteiger partial charge in [-0.2, -0.15) is 0 Å². The maximum atomic E-state index is 5.93. The topological polar surface area (TPSA) is 35.2 Å². The van der Waals surface area contributed by atoms with Crippen LogP contribution >= 0.6 is 0 Å². The number of nitrogen functional groups attached to an aromatic ring is 1. The van der Waals surface area contributed by atoms with E-state index in [0.717, 1.165) is 17.0 Å². The first-order valence-corrected chi connectivity index (χ1v) is 6.68. The SMILES string of the molecule is CC(C)c1ccc(OC(C)c2ccc(N)cc2)cc1. The lowest BCUT2D eigenvalue weighted by Crippen LogP contribution is -2.03. The average Bonchev–Trinajstić information content (AvgIpc) is 2.40. The first-order chi connectivity index (χ1) is 9.06. The van der Waals surface area contributed by atoms with Gasteiger partial charge in [0.25, 0.3) is 0 Å². The molecule has 0 radical (unpaired) electrons.